The minimum atomic E-state index is -3.52. The lowest BCUT2D eigenvalue weighted by atomic mass is 10.0. The smallest absolute Gasteiger partial charge is 0.243 e. The van der Waals surface area contributed by atoms with E-state index in [0.717, 1.165) is 0 Å². The average molecular weight is 304 g/mol. The van der Waals surface area contributed by atoms with Gasteiger partial charge in [-0.15, -0.1) is 0 Å². The summed E-state index contributed by atoms with van der Waals surface area (Å²) in [5.74, 6) is 0.00858. The topological polar surface area (TPSA) is 57.6 Å². The Kier molecular flexibility index (Phi) is 4.20. The standard InChI is InChI=1S/C13H18ClNO3S/c1-9-12(14)4-3-5-13(9)19(17,18)15-7-6-11(8-15)10(2)16/h3-5,10-11,16H,6-8H2,1-2H3. The maximum Gasteiger partial charge on any atom is 0.243 e. The van der Waals surface area contributed by atoms with Crippen molar-refractivity contribution in [2.75, 3.05) is 13.1 Å². The van der Waals surface area contributed by atoms with Crippen LogP contribution >= 0.6 is 11.6 Å². The van der Waals surface area contributed by atoms with Crippen LogP contribution in [0.3, 0.4) is 0 Å². The fourth-order valence-electron chi connectivity index (χ4n) is 2.37. The zero-order valence-corrected chi connectivity index (χ0v) is 12.6. The summed E-state index contributed by atoms with van der Waals surface area (Å²) in [6.07, 6.45) is 0.205. The van der Waals surface area contributed by atoms with Gasteiger partial charge in [-0.25, -0.2) is 8.42 Å². The fourth-order valence-corrected chi connectivity index (χ4v) is 4.36. The van der Waals surface area contributed by atoms with E-state index in [2.05, 4.69) is 0 Å². The zero-order valence-electron chi connectivity index (χ0n) is 11.0. The first-order chi connectivity index (χ1) is 8.84. The summed E-state index contributed by atoms with van der Waals surface area (Å²) in [6.45, 7) is 4.22. The van der Waals surface area contributed by atoms with E-state index in [1.54, 1.807) is 32.0 Å². The second-order valence-electron chi connectivity index (χ2n) is 5.02. The van der Waals surface area contributed by atoms with Gasteiger partial charge < -0.3 is 5.11 Å². The van der Waals surface area contributed by atoms with Crippen molar-refractivity contribution in [3.05, 3.63) is 28.8 Å². The van der Waals surface area contributed by atoms with Crippen molar-refractivity contribution in [3.8, 4) is 0 Å². The Morgan fingerprint density at radius 1 is 1.47 bits per heavy atom. The van der Waals surface area contributed by atoms with Gasteiger partial charge in [-0.1, -0.05) is 17.7 Å². The van der Waals surface area contributed by atoms with Crippen molar-refractivity contribution in [1.29, 1.82) is 0 Å². The van der Waals surface area contributed by atoms with Crippen molar-refractivity contribution in [2.45, 2.75) is 31.3 Å². The predicted molar refractivity (Wildman–Crippen MR) is 74.7 cm³/mol. The van der Waals surface area contributed by atoms with Gasteiger partial charge in [0.25, 0.3) is 0 Å². The highest BCUT2D eigenvalue weighted by atomic mass is 35.5. The van der Waals surface area contributed by atoms with Gasteiger partial charge in [0, 0.05) is 18.1 Å². The summed E-state index contributed by atoms with van der Waals surface area (Å²) in [6, 6.07) is 4.90. The molecule has 1 fully saturated rings. The number of rotatable bonds is 3. The highest BCUT2D eigenvalue weighted by Gasteiger charge is 2.35. The molecule has 0 aliphatic carbocycles. The summed E-state index contributed by atoms with van der Waals surface area (Å²) in [4.78, 5) is 0.256. The van der Waals surface area contributed by atoms with Crippen LogP contribution in [0.15, 0.2) is 23.1 Å². The van der Waals surface area contributed by atoms with Crippen LogP contribution in [0.5, 0.6) is 0 Å². The first kappa shape index (κ1) is 14.8. The Morgan fingerprint density at radius 3 is 2.74 bits per heavy atom. The van der Waals surface area contributed by atoms with Gasteiger partial charge in [0.15, 0.2) is 0 Å². The van der Waals surface area contributed by atoms with Gasteiger partial charge in [0.05, 0.1) is 11.0 Å². The van der Waals surface area contributed by atoms with Crippen LogP contribution in [0.25, 0.3) is 0 Å². The predicted octanol–water partition coefficient (Wildman–Crippen LogP) is 2.04. The maximum atomic E-state index is 12.6. The molecule has 1 saturated heterocycles. The lowest BCUT2D eigenvalue weighted by Crippen LogP contribution is -2.31. The molecule has 0 spiro atoms. The molecule has 1 aromatic carbocycles. The molecule has 2 rings (SSSR count). The summed E-state index contributed by atoms with van der Waals surface area (Å²) < 4.78 is 26.6. The molecular weight excluding hydrogens is 286 g/mol. The second kappa shape index (κ2) is 5.40. The third-order valence-corrected chi connectivity index (χ3v) is 6.12. The molecule has 0 bridgehead atoms. The minimum Gasteiger partial charge on any atom is -0.393 e. The van der Waals surface area contributed by atoms with Crippen LogP contribution in [-0.2, 0) is 10.0 Å². The van der Waals surface area contributed by atoms with Crippen LogP contribution in [0.4, 0.5) is 0 Å². The molecule has 19 heavy (non-hydrogen) atoms. The Labute approximate surface area is 119 Å². The number of aliphatic hydroxyl groups excluding tert-OH is 1. The molecule has 1 aliphatic heterocycles. The van der Waals surface area contributed by atoms with Gasteiger partial charge in [-0.2, -0.15) is 4.31 Å². The van der Waals surface area contributed by atoms with Crippen LogP contribution in [0.1, 0.15) is 18.9 Å². The molecule has 1 heterocycles. The van der Waals surface area contributed by atoms with Gasteiger partial charge in [0.1, 0.15) is 0 Å². The molecule has 1 aromatic rings. The number of sulfonamides is 1. The van der Waals surface area contributed by atoms with Gasteiger partial charge in [-0.05, 0) is 43.9 Å². The quantitative estimate of drug-likeness (QED) is 0.929. The van der Waals surface area contributed by atoms with Crippen molar-refractivity contribution in [1.82, 2.24) is 4.31 Å². The van der Waals surface area contributed by atoms with E-state index in [-0.39, 0.29) is 10.8 Å². The average Bonchev–Trinajstić information content (AvgIpc) is 2.82. The van der Waals surface area contributed by atoms with Crippen LogP contribution in [-0.4, -0.2) is 37.0 Å². The van der Waals surface area contributed by atoms with E-state index < -0.39 is 16.1 Å². The molecule has 0 aromatic heterocycles. The first-order valence-corrected chi connectivity index (χ1v) is 8.09. The van der Waals surface area contributed by atoms with Crippen molar-refractivity contribution >= 4 is 21.6 Å². The van der Waals surface area contributed by atoms with E-state index in [4.69, 9.17) is 11.6 Å². The molecule has 1 aliphatic rings. The molecule has 0 saturated carbocycles. The summed E-state index contributed by atoms with van der Waals surface area (Å²) >= 11 is 5.98. The number of aliphatic hydroxyl groups is 1. The molecular formula is C13H18ClNO3S. The van der Waals surface area contributed by atoms with Gasteiger partial charge in [-0.3, -0.25) is 0 Å². The highest BCUT2D eigenvalue weighted by molar-refractivity contribution is 7.89. The lowest BCUT2D eigenvalue weighted by molar-refractivity contribution is 0.133. The summed E-state index contributed by atoms with van der Waals surface area (Å²) in [7, 11) is -3.52. The highest BCUT2D eigenvalue weighted by Crippen LogP contribution is 2.30. The SMILES string of the molecule is Cc1c(Cl)cccc1S(=O)(=O)N1CCC(C(C)O)C1. The minimum absolute atomic E-state index is 0.00858. The number of benzene rings is 1. The van der Waals surface area contributed by atoms with Crippen molar-refractivity contribution in [2.24, 2.45) is 5.92 Å². The Bertz CT molecular complexity index is 571. The van der Waals surface area contributed by atoms with E-state index in [1.807, 2.05) is 0 Å². The third kappa shape index (κ3) is 2.79. The summed E-state index contributed by atoms with van der Waals surface area (Å²) in [5, 5.41) is 10.0. The third-order valence-electron chi connectivity index (χ3n) is 3.71. The molecule has 2 unspecified atom stereocenters. The molecule has 0 amide bonds. The van der Waals surface area contributed by atoms with Crippen LogP contribution < -0.4 is 0 Å². The molecule has 1 N–H and O–H groups in total. The number of halogens is 1. The molecule has 0 radical (unpaired) electrons. The monoisotopic (exact) mass is 303 g/mol. The lowest BCUT2D eigenvalue weighted by Gasteiger charge is -2.19. The van der Waals surface area contributed by atoms with Gasteiger partial charge >= 0.3 is 0 Å². The first-order valence-electron chi connectivity index (χ1n) is 6.27. The molecule has 4 nitrogen and oxygen atoms in total. The Balaban J connectivity index is 2.31. The van der Waals surface area contributed by atoms with Crippen molar-refractivity contribution in [3.63, 3.8) is 0 Å². The largest absolute Gasteiger partial charge is 0.393 e. The second-order valence-corrected chi connectivity index (χ2v) is 7.33. The normalized spacial score (nSPS) is 22.6. The van der Waals surface area contributed by atoms with Crippen LogP contribution in [0, 0.1) is 12.8 Å². The Morgan fingerprint density at radius 2 is 2.16 bits per heavy atom. The number of nitrogens with zero attached hydrogens (tertiary/aromatic N) is 1. The number of hydrogen-bond donors (Lipinski definition) is 1. The zero-order chi connectivity index (χ0) is 14.2. The van der Waals surface area contributed by atoms with Crippen molar-refractivity contribution < 1.29 is 13.5 Å². The fraction of sp³-hybridized carbons (Fsp3) is 0.538. The maximum absolute atomic E-state index is 12.6. The van der Waals surface area contributed by atoms with E-state index in [0.29, 0.717) is 30.1 Å². The van der Waals surface area contributed by atoms with E-state index in [9.17, 15) is 13.5 Å². The molecule has 2 atom stereocenters. The molecule has 106 valence electrons. The summed E-state index contributed by atoms with van der Waals surface area (Å²) in [5.41, 5.74) is 0.574. The molecule has 6 heteroatoms. The van der Waals surface area contributed by atoms with E-state index >= 15 is 0 Å². The Hall–Kier alpha value is -0.620. The van der Waals surface area contributed by atoms with Gasteiger partial charge in [0.2, 0.25) is 10.0 Å². The van der Waals surface area contributed by atoms with Crippen LogP contribution in [0.2, 0.25) is 5.02 Å². The van der Waals surface area contributed by atoms with E-state index in [1.165, 1.54) is 4.31 Å². The number of hydrogen-bond acceptors (Lipinski definition) is 3.